The minimum atomic E-state index is -0.820. The zero-order valence-corrected chi connectivity index (χ0v) is 19.9. The van der Waals surface area contributed by atoms with Crippen molar-refractivity contribution in [3.8, 4) is 17.2 Å². The molecule has 0 bridgehead atoms. The highest BCUT2D eigenvalue weighted by molar-refractivity contribution is 9.10. The van der Waals surface area contributed by atoms with Gasteiger partial charge in [-0.15, -0.1) is 0 Å². The number of ether oxygens (including phenoxy) is 3. The highest BCUT2D eigenvalue weighted by Gasteiger charge is 2.43. The molecule has 0 aliphatic carbocycles. The molecule has 0 atom stereocenters. The molecule has 3 aromatic rings. The summed E-state index contributed by atoms with van der Waals surface area (Å²) in [7, 11) is 3.16. The number of hydrogen-bond donors (Lipinski definition) is 1. The monoisotopic (exact) mass is 510 g/mol. The Kier molecular flexibility index (Phi) is 5.40. The van der Waals surface area contributed by atoms with Crippen molar-refractivity contribution in [1.29, 1.82) is 0 Å². The Bertz CT molecular complexity index is 1270. The molecule has 2 aliphatic rings. The van der Waals surface area contributed by atoms with E-state index in [1.165, 1.54) is 0 Å². The summed E-state index contributed by atoms with van der Waals surface area (Å²) in [6, 6.07) is 14.8. The Hall–Kier alpha value is -3.26. The van der Waals surface area contributed by atoms with Gasteiger partial charge in [-0.1, -0.05) is 40.2 Å². The SMILES string of the molecule is COc1cc(C(=O)N2CCC3(CC2)NC(=O)c2cc(Br)ccc2O3)c(OC)c2ccccc12. The Morgan fingerprint density at radius 3 is 2.48 bits per heavy atom. The minimum absolute atomic E-state index is 0.141. The number of halogens is 1. The zero-order valence-electron chi connectivity index (χ0n) is 18.3. The molecule has 2 heterocycles. The number of rotatable bonds is 3. The molecule has 7 nitrogen and oxygen atoms in total. The van der Waals surface area contributed by atoms with Crippen molar-refractivity contribution in [3.05, 3.63) is 64.1 Å². The number of benzene rings is 3. The molecule has 170 valence electrons. The smallest absolute Gasteiger partial charge is 0.258 e. The van der Waals surface area contributed by atoms with Crippen LogP contribution in [0.3, 0.4) is 0 Å². The van der Waals surface area contributed by atoms with Gasteiger partial charge in [0.05, 0.1) is 25.3 Å². The van der Waals surface area contributed by atoms with Crippen LogP contribution in [0.4, 0.5) is 0 Å². The average molecular weight is 511 g/mol. The van der Waals surface area contributed by atoms with Crippen LogP contribution >= 0.6 is 15.9 Å². The zero-order chi connectivity index (χ0) is 23.2. The predicted molar refractivity (Wildman–Crippen MR) is 127 cm³/mol. The highest BCUT2D eigenvalue weighted by Crippen LogP contribution is 2.39. The van der Waals surface area contributed by atoms with E-state index in [1.807, 2.05) is 30.3 Å². The highest BCUT2D eigenvalue weighted by atomic mass is 79.9. The first-order valence-electron chi connectivity index (χ1n) is 10.7. The molecule has 1 spiro atoms. The largest absolute Gasteiger partial charge is 0.496 e. The number of hydrogen-bond acceptors (Lipinski definition) is 5. The van der Waals surface area contributed by atoms with E-state index in [1.54, 1.807) is 37.3 Å². The number of amides is 2. The molecule has 1 N–H and O–H groups in total. The number of carbonyl (C=O) groups excluding carboxylic acids is 2. The van der Waals surface area contributed by atoms with Crippen LogP contribution in [0.25, 0.3) is 10.8 Å². The third-order valence-electron chi connectivity index (χ3n) is 6.30. The first-order valence-corrected chi connectivity index (χ1v) is 11.5. The topological polar surface area (TPSA) is 77.1 Å². The van der Waals surface area contributed by atoms with Crippen LogP contribution in [0.15, 0.2) is 53.0 Å². The molecule has 33 heavy (non-hydrogen) atoms. The number of nitrogens with one attached hydrogen (secondary N) is 1. The van der Waals surface area contributed by atoms with E-state index in [-0.39, 0.29) is 11.8 Å². The van der Waals surface area contributed by atoms with Crippen molar-refractivity contribution in [3.63, 3.8) is 0 Å². The van der Waals surface area contributed by atoms with E-state index < -0.39 is 5.72 Å². The fourth-order valence-electron chi connectivity index (χ4n) is 4.61. The second kappa shape index (κ2) is 8.26. The Morgan fingerprint density at radius 2 is 1.79 bits per heavy atom. The van der Waals surface area contributed by atoms with Crippen molar-refractivity contribution in [2.75, 3.05) is 27.3 Å². The van der Waals surface area contributed by atoms with Gasteiger partial charge in [0.1, 0.15) is 17.2 Å². The summed E-state index contributed by atoms with van der Waals surface area (Å²) in [4.78, 5) is 28.0. The van der Waals surface area contributed by atoms with E-state index in [0.29, 0.717) is 54.3 Å². The third kappa shape index (κ3) is 3.68. The standard InChI is InChI=1S/C25H23BrN2O5/c1-31-21-14-19(22(32-2)17-6-4-3-5-16(17)21)24(30)28-11-9-25(10-12-28)27-23(29)18-13-15(26)7-8-20(18)33-25/h3-8,13-14H,9-12H2,1-2H3,(H,27,29). The van der Waals surface area contributed by atoms with Crippen molar-refractivity contribution < 1.29 is 23.8 Å². The number of piperidine rings is 1. The molecular weight excluding hydrogens is 488 g/mol. The van der Waals surface area contributed by atoms with Gasteiger partial charge in [0.25, 0.3) is 11.8 Å². The van der Waals surface area contributed by atoms with Gasteiger partial charge in [-0.3, -0.25) is 9.59 Å². The van der Waals surface area contributed by atoms with Crippen molar-refractivity contribution >= 4 is 38.5 Å². The minimum Gasteiger partial charge on any atom is -0.496 e. The van der Waals surface area contributed by atoms with Gasteiger partial charge >= 0.3 is 0 Å². The molecule has 2 aliphatic heterocycles. The maximum Gasteiger partial charge on any atom is 0.258 e. The summed E-state index contributed by atoms with van der Waals surface area (Å²) in [5, 5.41) is 4.72. The maximum atomic E-state index is 13.5. The second-order valence-electron chi connectivity index (χ2n) is 8.19. The van der Waals surface area contributed by atoms with Crippen molar-refractivity contribution in [1.82, 2.24) is 10.2 Å². The summed E-state index contributed by atoms with van der Waals surface area (Å²) in [5.74, 6) is 1.39. The molecule has 1 saturated heterocycles. The number of nitrogens with zero attached hydrogens (tertiary/aromatic N) is 1. The molecule has 8 heteroatoms. The number of carbonyl (C=O) groups is 2. The van der Waals surface area contributed by atoms with Gasteiger partial charge < -0.3 is 24.4 Å². The Morgan fingerprint density at radius 1 is 1.06 bits per heavy atom. The first kappa shape index (κ1) is 21.6. The van der Waals surface area contributed by atoms with Gasteiger partial charge in [-0.05, 0) is 24.3 Å². The van der Waals surface area contributed by atoms with Crippen molar-refractivity contribution in [2.45, 2.75) is 18.6 Å². The average Bonchev–Trinajstić information content (AvgIpc) is 2.83. The molecular formula is C25H23BrN2O5. The molecule has 3 aromatic carbocycles. The van der Waals surface area contributed by atoms with Crippen LogP contribution in [0.2, 0.25) is 0 Å². The molecule has 2 amide bonds. The summed E-state index contributed by atoms with van der Waals surface area (Å²) in [6.07, 6.45) is 0.958. The first-order chi connectivity index (χ1) is 15.9. The van der Waals surface area contributed by atoms with E-state index in [0.717, 1.165) is 15.2 Å². The van der Waals surface area contributed by atoms with Gasteiger partial charge in [0.15, 0.2) is 5.72 Å². The van der Waals surface area contributed by atoms with E-state index in [9.17, 15) is 9.59 Å². The molecule has 5 rings (SSSR count). The van der Waals surface area contributed by atoms with E-state index in [4.69, 9.17) is 14.2 Å². The van der Waals surface area contributed by atoms with Gasteiger partial charge in [-0.25, -0.2) is 0 Å². The van der Waals surface area contributed by atoms with Crippen LogP contribution in [0.5, 0.6) is 17.2 Å². The molecule has 0 aromatic heterocycles. The fraction of sp³-hybridized carbons (Fsp3) is 0.280. The number of fused-ring (bicyclic) bond motifs is 2. The molecule has 1 fully saturated rings. The lowest BCUT2D eigenvalue weighted by atomic mass is 9.96. The fourth-order valence-corrected chi connectivity index (χ4v) is 4.97. The van der Waals surface area contributed by atoms with Crippen LogP contribution in [0, 0.1) is 0 Å². The lowest BCUT2D eigenvalue weighted by molar-refractivity contribution is -0.0246. The Balaban J connectivity index is 1.40. The second-order valence-corrected chi connectivity index (χ2v) is 9.10. The van der Waals surface area contributed by atoms with Crippen LogP contribution in [0.1, 0.15) is 33.6 Å². The van der Waals surface area contributed by atoms with Gasteiger partial charge in [-0.2, -0.15) is 0 Å². The summed E-state index contributed by atoms with van der Waals surface area (Å²) in [5.41, 5.74) is 0.133. The number of methoxy groups -OCH3 is 2. The normalized spacial score (nSPS) is 16.7. The van der Waals surface area contributed by atoms with Crippen LogP contribution in [-0.2, 0) is 0 Å². The van der Waals surface area contributed by atoms with Crippen LogP contribution in [-0.4, -0.2) is 49.7 Å². The third-order valence-corrected chi connectivity index (χ3v) is 6.80. The molecule has 0 unspecified atom stereocenters. The predicted octanol–water partition coefficient (Wildman–Crippen LogP) is 4.37. The van der Waals surface area contributed by atoms with E-state index in [2.05, 4.69) is 21.2 Å². The lowest BCUT2D eigenvalue weighted by Crippen LogP contribution is -2.61. The lowest BCUT2D eigenvalue weighted by Gasteiger charge is -2.44. The summed E-state index contributed by atoms with van der Waals surface area (Å²) >= 11 is 3.39. The van der Waals surface area contributed by atoms with Gasteiger partial charge in [0.2, 0.25) is 0 Å². The van der Waals surface area contributed by atoms with Crippen LogP contribution < -0.4 is 19.5 Å². The van der Waals surface area contributed by atoms with Gasteiger partial charge in [0, 0.05) is 41.2 Å². The quantitative estimate of drug-likeness (QED) is 0.565. The number of likely N-dealkylation sites (tertiary alicyclic amines) is 1. The van der Waals surface area contributed by atoms with Crippen molar-refractivity contribution in [2.24, 2.45) is 0 Å². The summed E-state index contributed by atoms with van der Waals surface area (Å²) < 4.78 is 18.2. The molecule has 0 saturated carbocycles. The van der Waals surface area contributed by atoms with E-state index >= 15 is 0 Å². The Labute approximate surface area is 199 Å². The summed E-state index contributed by atoms with van der Waals surface area (Å²) in [6.45, 7) is 0.868. The molecule has 0 radical (unpaired) electrons. The maximum absolute atomic E-state index is 13.5.